The second kappa shape index (κ2) is 4.69. The minimum absolute atomic E-state index is 0.172. The lowest BCUT2D eigenvalue weighted by Crippen LogP contribution is -2.15. The minimum atomic E-state index is -0.746. The number of rotatable bonds is 5. The number of ether oxygens (including phenoxy) is 2. The van der Waals surface area contributed by atoms with Gasteiger partial charge in [0, 0.05) is 22.1 Å². The van der Waals surface area contributed by atoms with E-state index in [9.17, 15) is 4.79 Å². The Morgan fingerprint density at radius 3 is 2.50 bits per heavy atom. The number of methoxy groups -OCH3 is 2. The number of hydrogen-bond donors (Lipinski definition) is 1. The Balaban J connectivity index is 2.13. The van der Waals surface area contributed by atoms with Gasteiger partial charge in [0.25, 0.3) is 0 Å². The van der Waals surface area contributed by atoms with Crippen molar-refractivity contribution in [2.45, 2.75) is 43.9 Å². The van der Waals surface area contributed by atoms with E-state index >= 15 is 0 Å². The number of aliphatic carboxylic acids is 1. The molecule has 3 rings (SSSR count). The predicted octanol–water partition coefficient (Wildman–Crippen LogP) is 2.70. The summed E-state index contributed by atoms with van der Waals surface area (Å²) in [5.74, 6) is 1.05. The van der Waals surface area contributed by atoms with E-state index in [-0.39, 0.29) is 11.8 Å². The van der Waals surface area contributed by atoms with E-state index in [0.29, 0.717) is 0 Å². The minimum Gasteiger partial charge on any atom is -0.496 e. The van der Waals surface area contributed by atoms with E-state index in [1.54, 1.807) is 14.2 Å². The van der Waals surface area contributed by atoms with Crippen molar-refractivity contribution in [3.63, 3.8) is 0 Å². The maximum absolute atomic E-state index is 11.1. The summed E-state index contributed by atoms with van der Waals surface area (Å²) in [5, 5.41) is 9.16. The molecule has 2 aliphatic carbocycles. The van der Waals surface area contributed by atoms with Crippen LogP contribution in [0.25, 0.3) is 0 Å². The first-order valence-electron chi connectivity index (χ1n) is 7.10. The van der Waals surface area contributed by atoms with Gasteiger partial charge in [-0.15, -0.1) is 0 Å². The van der Waals surface area contributed by atoms with Gasteiger partial charge in [0.1, 0.15) is 11.5 Å². The number of hydrogen-bond acceptors (Lipinski definition) is 3. The Hall–Kier alpha value is -1.71. The maximum atomic E-state index is 11.1. The molecule has 0 amide bonds. The summed E-state index contributed by atoms with van der Waals surface area (Å²) in [4.78, 5) is 11.1. The Morgan fingerprint density at radius 2 is 1.95 bits per heavy atom. The SMILES string of the molecule is COc1cc(C2(CC(=O)O)CC2)c(OC)c2c1CCC2. The molecule has 0 unspecified atom stereocenters. The zero-order chi connectivity index (χ0) is 14.3. The van der Waals surface area contributed by atoms with Crippen LogP contribution in [0.2, 0.25) is 0 Å². The zero-order valence-electron chi connectivity index (χ0n) is 12.0. The second-order valence-corrected chi connectivity index (χ2v) is 5.82. The third-order valence-electron chi connectivity index (χ3n) is 4.65. The zero-order valence-corrected chi connectivity index (χ0v) is 12.0. The standard InChI is InChI=1S/C16H20O4/c1-19-13-8-12(16(6-7-16)9-14(17)18)15(20-2)11-5-3-4-10(11)13/h8H,3-7,9H2,1-2H3,(H,17,18). The molecule has 1 aromatic rings. The molecular weight excluding hydrogens is 256 g/mol. The predicted molar refractivity (Wildman–Crippen MR) is 74.7 cm³/mol. The molecule has 0 aliphatic heterocycles. The first-order chi connectivity index (χ1) is 9.61. The van der Waals surface area contributed by atoms with Gasteiger partial charge >= 0.3 is 5.97 Å². The van der Waals surface area contributed by atoms with Gasteiger partial charge < -0.3 is 14.6 Å². The molecule has 1 aromatic carbocycles. The Labute approximate surface area is 118 Å². The lowest BCUT2D eigenvalue weighted by Gasteiger charge is -2.22. The molecule has 4 heteroatoms. The Morgan fingerprint density at radius 1 is 1.25 bits per heavy atom. The fourth-order valence-electron chi connectivity index (χ4n) is 3.50. The van der Waals surface area contributed by atoms with Gasteiger partial charge in [-0.25, -0.2) is 0 Å². The summed E-state index contributed by atoms with van der Waals surface area (Å²) in [5.41, 5.74) is 3.24. The van der Waals surface area contributed by atoms with Crippen LogP contribution in [0.15, 0.2) is 6.07 Å². The van der Waals surface area contributed by atoms with Crippen LogP contribution < -0.4 is 9.47 Å². The molecule has 0 bridgehead atoms. The maximum Gasteiger partial charge on any atom is 0.304 e. The van der Waals surface area contributed by atoms with E-state index < -0.39 is 5.97 Å². The van der Waals surface area contributed by atoms with Gasteiger partial charge in [-0.1, -0.05) is 0 Å². The van der Waals surface area contributed by atoms with E-state index in [0.717, 1.165) is 49.2 Å². The van der Waals surface area contributed by atoms with Crippen LogP contribution in [-0.2, 0) is 23.1 Å². The van der Waals surface area contributed by atoms with Crippen molar-refractivity contribution in [3.8, 4) is 11.5 Å². The highest BCUT2D eigenvalue weighted by molar-refractivity contribution is 5.71. The molecule has 4 nitrogen and oxygen atoms in total. The summed E-state index contributed by atoms with van der Waals surface area (Å²) < 4.78 is 11.2. The van der Waals surface area contributed by atoms with E-state index in [4.69, 9.17) is 14.6 Å². The molecule has 0 saturated heterocycles. The number of benzene rings is 1. The highest BCUT2D eigenvalue weighted by Crippen LogP contribution is 2.56. The molecule has 20 heavy (non-hydrogen) atoms. The van der Waals surface area contributed by atoms with Crippen LogP contribution in [0.5, 0.6) is 11.5 Å². The summed E-state index contributed by atoms with van der Waals surface area (Å²) in [6, 6.07) is 2.01. The number of fused-ring (bicyclic) bond motifs is 1. The summed E-state index contributed by atoms with van der Waals surface area (Å²) in [6.07, 6.45) is 5.12. The molecule has 1 fully saturated rings. The molecule has 2 aliphatic rings. The third kappa shape index (κ3) is 1.94. The average Bonchev–Trinajstić information content (AvgIpc) is 3.02. The Bertz CT molecular complexity index is 558. The highest BCUT2D eigenvalue weighted by atomic mass is 16.5. The van der Waals surface area contributed by atoms with Crippen molar-refractivity contribution in [1.82, 2.24) is 0 Å². The molecule has 0 heterocycles. The first kappa shape index (κ1) is 13.3. The van der Waals surface area contributed by atoms with E-state index in [1.165, 1.54) is 11.1 Å². The molecule has 108 valence electrons. The van der Waals surface area contributed by atoms with Crippen molar-refractivity contribution < 1.29 is 19.4 Å². The van der Waals surface area contributed by atoms with Crippen LogP contribution in [0.1, 0.15) is 42.4 Å². The smallest absolute Gasteiger partial charge is 0.304 e. The van der Waals surface area contributed by atoms with E-state index in [1.807, 2.05) is 6.07 Å². The molecule has 1 N–H and O–H groups in total. The van der Waals surface area contributed by atoms with Gasteiger partial charge in [0.15, 0.2) is 0 Å². The molecule has 0 aromatic heterocycles. The van der Waals surface area contributed by atoms with Gasteiger partial charge in [-0.3, -0.25) is 4.79 Å². The van der Waals surface area contributed by atoms with Crippen molar-refractivity contribution in [2.24, 2.45) is 0 Å². The Kier molecular flexibility index (Phi) is 3.11. The van der Waals surface area contributed by atoms with Crippen LogP contribution in [0.4, 0.5) is 0 Å². The number of carbonyl (C=O) groups is 1. The first-order valence-corrected chi connectivity index (χ1v) is 7.10. The van der Waals surface area contributed by atoms with Crippen LogP contribution in [0, 0.1) is 0 Å². The van der Waals surface area contributed by atoms with Crippen LogP contribution in [0.3, 0.4) is 0 Å². The topological polar surface area (TPSA) is 55.8 Å². The molecular formula is C16H20O4. The van der Waals surface area contributed by atoms with Crippen molar-refractivity contribution in [1.29, 1.82) is 0 Å². The van der Waals surface area contributed by atoms with Gasteiger partial charge in [-0.2, -0.15) is 0 Å². The largest absolute Gasteiger partial charge is 0.496 e. The fraction of sp³-hybridized carbons (Fsp3) is 0.562. The van der Waals surface area contributed by atoms with Gasteiger partial charge in [-0.05, 0) is 38.2 Å². The molecule has 0 atom stereocenters. The number of carboxylic acids is 1. The van der Waals surface area contributed by atoms with Gasteiger partial charge in [0.05, 0.1) is 20.6 Å². The number of carboxylic acid groups (broad SMARTS) is 1. The monoisotopic (exact) mass is 276 g/mol. The van der Waals surface area contributed by atoms with E-state index in [2.05, 4.69) is 0 Å². The van der Waals surface area contributed by atoms with Crippen molar-refractivity contribution >= 4 is 5.97 Å². The fourth-order valence-corrected chi connectivity index (χ4v) is 3.50. The van der Waals surface area contributed by atoms with Crippen molar-refractivity contribution in [2.75, 3.05) is 14.2 Å². The molecule has 1 saturated carbocycles. The third-order valence-corrected chi connectivity index (χ3v) is 4.65. The lowest BCUT2D eigenvalue weighted by atomic mass is 9.88. The summed E-state index contributed by atoms with van der Waals surface area (Å²) >= 11 is 0. The average molecular weight is 276 g/mol. The summed E-state index contributed by atoms with van der Waals surface area (Å²) in [6.45, 7) is 0. The van der Waals surface area contributed by atoms with Gasteiger partial charge in [0.2, 0.25) is 0 Å². The highest BCUT2D eigenvalue weighted by Gasteiger charge is 2.49. The van der Waals surface area contributed by atoms with Crippen molar-refractivity contribution in [3.05, 3.63) is 22.8 Å². The lowest BCUT2D eigenvalue weighted by molar-refractivity contribution is -0.137. The second-order valence-electron chi connectivity index (χ2n) is 5.82. The quantitative estimate of drug-likeness (QED) is 0.898. The summed E-state index contributed by atoms with van der Waals surface area (Å²) in [7, 11) is 3.36. The molecule has 0 spiro atoms. The molecule has 0 radical (unpaired) electrons. The normalized spacial score (nSPS) is 18.5. The van der Waals surface area contributed by atoms with Crippen LogP contribution in [-0.4, -0.2) is 25.3 Å². The van der Waals surface area contributed by atoms with Crippen LogP contribution >= 0.6 is 0 Å².